The van der Waals surface area contributed by atoms with Crippen molar-refractivity contribution in [2.24, 2.45) is 0 Å². The average molecular weight is 341 g/mol. The number of amides is 1. The third kappa shape index (κ3) is 5.04. The number of halogens is 1. The molecule has 0 atom stereocenters. The van der Waals surface area contributed by atoms with Crippen LogP contribution in [0, 0.1) is 0 Å². The monoisotopic (exact) mass is 340 g/mol. The number of aromatic nitrogens is 2. The Balaban J connectivity index is 1.82. The molecule has 1 heterocycles. The van der Waals surface area contributed by atoms with E-state index in [-0.39, 0.29) is 11.7 Å². The summed E-state index contributed by atoms with van der Waals surface area (Å²) in [6.07, 6.45) is 1.74. The molecule has 2 rings (SSSR count). The standard InChI is InChI=1S/C13H13ClN4OS2/c1-2-7-15-12-17-18-13(21-12)20-8-11(19)16-10-6-4-3-5-9(10)14/h2-6H,1,7-8H2,(H,15,17)(H,16,19). The molecule has 0 unspecified atom stereocenters. The number of carbonyl (C=O) groups is 1. The fourth-order valence-electron chi connectivity index (χ4n) is 1.38. The molecular formula is C13H13ClN4OS2. The quantitative estimate of drug-likeness (QED) is 0.596. The zero-order valence-corrected chi connectivity index (χ0v) is 13.4. The van der Waals surface area contributed by atoms with Crippen molar-refractivity contribution < 1.29 is 4.79 Å². The van der Waals surface area contributed by atoms with Crippen LogP contribution in [0.15, 0.2) is 41.3 Å². The van der Waals surface area contributed by atoms with Crippen LogP contribution in [0.1, 0.15) is 0 Å². The van der Waals surface area contributed by atoms with Gasteiger partial charge >= 0.3 is 0 Å². The molecule has 0 saturated carbocycles. The zero-order chi connectivity index (χ0) is 15.1. The van der Waals surface area contributed by atoms with Crippen molar-refractivity contribution in [2.45, 2.75) is 4.34 Å². The minimum absolute atomic E-state index is 0.135. The van der Waals surface area contributed by atoms with Crippen molar-refractivity contribution in [2.75, 3.05) is 22.9 Å². The van der Waals surface area contributed by atoms with Crippen molar-refractivity contribution in [1.82, 2.24) is 10.2 Å². The summed E-state index contributed by atoms with van der Waals surface area (Å²) in [4.78, 5) is 11.9. The Morgan fingerprint density at radius 3 is 3.00 bits per heavy atom. The number of benzene rings is 1. The van der Waals surface area contributed by atoms with Gasteiger partial charge in [0.05, 0.1) is 16.5 Å². The van der Waals surface area contributed by atoms with Crippen molar-refractivity contribution >= 4 is 51.4 Å². The molecular weight excluding hydrogens is 328 g/mol. The number of nitrogens with zero attached hydrogens (tertiary/aromatic N) is 2. The second-order valence-corrected chi connectivity index (χ2v) is 6.47. The minimum Gasteiger partial charge on any atom is -0.357 e. The van der Waals surface area contributed by atoms with E-state index in [0.29, 0.717) is 22.4 Å². The Hall–Kier alpha value is -1.57. The Kier molecular flexibility index (Phi) is 6.04. The highest BCUT2D eigenvalue weighted by molar-refractivity contribution is 8.01. The molecule has 0 aliphatic heterocycles. The van der Waals surface area contributed by atoms with Crippen LogP contribution in [0.25, 0.3) is 0 Å². The molecule has 5 nitrogen and oxygen atoms in total. The van der Waals surface area contributed by atoms with Gasteiger partial charge in [0.2, 0.25) is 11.0 Å². The van der Waals surface area contributed by atoms with E-state index >= 15 is 0 Å². The summed E-state index contributed by atoms with van der Waals surface area (Å²) in [5.41, 5.74) is 0.607. The molecule has 1 aromatic carbocycles. The maximum atomic E-state index is 11.9. The van der Waals surface area contributed by atoms with Gasteiger partial charge in [0, 0.05) is 6.54 Å². The second-order valence-electron chi connectivity index (χ2n) is 3.86. The van der Waals surface area contributed by atoms with Gasteiger partial charge in [-0.15, -0.1) is 16.8 Å². The summed E-state index contributed by atoms with van der Waals surface area (Å²) in [5, 5.41) is 15.0. The van der Waals surface area contributed by atoms with Crippen molar-refractivity contribution in [3.63, 3.8) is 0 Å². The molecule has 0 spiro atoms. The molecule has 0 radical (unpaired) electrons. The summed E-state index contributed by atoms with van der Waals surface area (Å²) >= 11 is 8.71. The summed E-state index contributed by atoms with van der Waals surface area (Å²) < 4.78 is 0.732. The summed E-state index contributed by atoms with van der Waals surface area (Å²) in [7, 11) is 0. The van der Waals surface area contributed by atoms with Gasteiger partial charge in [-0.25, -0.2) is 0 Å². The fraction of sp³-hybridized carbons (Fsp3) is 0.154. The largest absolute Gasteiger partial charge is 0.357 e. The van der Waals surface area contributed by atoms with Crippen LogP contribution in [0.4, 0.5) is 10.8 Å². The summed E-state index contributed by atoms with van der Waals surface area (Å²) in [6, 6.07) is 7.11. The molecule has 0 aliphatic carbocycles. The normalized spacial score (nSPS) is 10.1. The lowest BCUT2D eigenvalue weighted by Crippen LogP contribution is -2.14. The number of nitrogens with one attached hydrogen (secondary N) is 2. The van der Waals surface area contributed by atoms with Gasteiger partial charge in [-0.2, -0.15) is 0 Å². The van der Waals surface area contributed by atoms with Crippen LogP contribution in [0.5, 0.6) is 0 Å². The lowest BCUT2D eigenvalue weighted by atomic mass is 10.3. The Labute approximate surface area is 135 Å². The Morgan fingerprint density at radius 2 is 2.24 bits per heavy atom. The topological polar surface area (TPSA) is 66.9 Å². The predicted molar refractivity (Wildman–Crippen MR) is 89.4 cm³/mol. The van der Waals surface area contributed by atoms with Gasteiger partial charge in [0.15, 0.2) is 4.34 Å². The van der Waals surface area contributed by atoms with E-state index in [1.807, 2.05) is 12.1 Å². The number of para-hydroxylation sites is 1. The van der Waals surface area contributed by atoms with Crippen molar-refractivity contribution in [3.05, 3.63) is 41.9 Å². The van der Waals surface area contributed by atoms with Crippen LogP contribution in [0.2, 0.25) is 5.02 Å². The zero-order valence-electron chi connectivity index (χ0n) is 11.0. The number of carbonyl (C=O) groups excluding carboxylic acids is 1. The van der Waals surface area contributed by atoms with Crippen molar-refractivity contribution in [1.29, 1.82) is 0 Å². The molecule has 8 heteroatoms. The second kappa shape index (κ2) is 8.02. The molecule has 1 amide bonds. The van der Waals surface area contributed by atoms with Gasteiger partial charge < -0.3 is 10.6 Å². The molecule has 110 valence electrons. The van der Waals surface area contributed by atoms with E-state index in [0.717, 1.165) is 4.34 Å². The Morgan fingerprint density at radius 1 is 1.43 bits per heavy atom. The van der Waals surface area contributed by atoms with E-state index in [2.05, 4.69) is 27.4 Å². The fourth-order valence-corrected chi connectivity index (χ4v) is 3.12. The minimum atomic E-state index is -0.135. The third-order valence-corrected chi connectivity index (χ3v) is 4.62. The van der Waals surface area contributed by atoms with Crippen LogP contribution in [-0.4, -0.2) is 28.4 Å². The first-order valence-electron chi connectivity index (χ1n) is 6.04. The first kappa shape index (κ1) is 15.8. The van der Waals surface area contributed by atoms with Crippen LogP contribution < -0.4 is 10.6 Å². The number of anilines is 2. The van der Waals surface area contributed by atoms with Gasteiger partial charge in [-0.3, -0.25) is 4.79 Å². The van der Waals surface area contributed by atoms with Gasteiger partial charge in [-0.1, -0.05) is 52.9 Å². The summed E-state index contributed by atoms with van der Waals surface area (Å²) in [5.74, 6) is 0.116. The highest BCUT2D eigenvalue weighted by Crippen LogP contribution is 2.26. The van der Waals surface area contributed by atoms with Crippen LogP contribution >= 0.6 is 34.7 Å². The number of rotatable bonds is 7. The SMILES string of the molecule is C=CCNc1nnc(SCC(=O)Nc2ccccc2Cl)s1. The first-order chi connectivity index (χ1) is 10.2. The predicted octanol–water partition coefficient (Wildman–Crippen LogP) is 3.52. The number of hydrogen-bond acceptors (Lipinski definition) is 6. The van der Waals surface area contributed by atoms with Gasteiger partial charge in [-0.05, 0) is 12.1 Å². The molecule has 0 bridgehead atoms. The molecule has 0 fully saturated rings. The van der Waals surface area contributed by atoms with E-state index < -0.39 is 0 Å². The average Bonchev–Trinajstić information content (AvgIpc) is 2.93. The maximum Gasteiger partial charge on any atom is 0.234 e. The molecule has 21 heavy (non-hydrogen) atoms. The van der Waals surface area contributed by atoms with Crippen molar-refractivity contribution in [3.8, 4) is 0 Å². The number of hydrogen-bond donors (Lipinski definition) is 2. The van der Waals surface area contributed by atoms with Crippen LogP contribution in [0.3, 0.4) is 0 Å². The highest BCUT2D eigenvalue weighted by atomic mass is 35.5. The molecule has 2 N–H and O–H groups in total. The smallest absolute Gasteiger partial charge is 0.234 e. The Bertz CT molecular complexity index is 632. The molecule has 0 aliphatic rings. The summed E-state index contributed by atoms with van der Waals surface area (Å²) in [6.45, 7) is 4.25. The molecule has 0 saturated heterocycles. The number of thioether (sulfide) groups is 1. The lowest BCUT2D eigenvalue weighted by molar-refractivity contribution is -0.113. The first-order valence-corrected chi connectivity index (χ1v) is 8.22. The van der Waals surface area contributed by atoms with Crippen LogP contribution in [-0.2, 0) is 4.79 Å². The molecule has 1 aromatic heterocycles. The molecule has 2 aromatic rings. The van der Waals surface area contributed by atoms with E-state index in [9.17, 15) is 4.79 Å². The third-order valence-electron chi connectivity index (χ3n) is 2.28. The highest BCUT2D eigenvalue weighted by Gasteiger charge is 2.09. The van der Waals surface area contributed by atoms with Gasteiger partial charge in [0.25, 0.3) is 0 Å². The van der Waals surface area contributed by atoms with E-state index in [1.165, 1.54) is 23.1 Å². The van der Waals surface area contributed by atoms with Gasteiger partial charge in [0.1, 0.15) is 0 Å². The van der Waals surface area contributed by atoms with E-state index in [1.54, 1.807) is 18.2 Å². The lowest BCUT2D eigenvalue weighted by Gasteiger charge is -2.05. The van der Waals surface area contributed by atoms with E-state index in [4.69, 9.17) is 11.6 Å². The maximum absolute atomic E-state index is 11.9.